The van der Waals surface area contributed by atoms with Crippen molar-refractivity contribution in [3.05, 3.63) is 12.2 Å². The summed E-state index contributed by atoms with van der Waals surface area (Å²) < 4.78 is 219. The number of hydrogen-bond donors (Lipinski definition) is 0. The third-order valence-electron chi connectivity index (χ3n) is 5.09. The van der Waals surface area contributed by atoms with Gasteiger partial charge in [0.05, 0.1) is 0 Å². The Bertz CT molecular complexity index is 708. The lowest BCUT2D eigenvalue weighted by molar-refractivity contribution is -0.453. The van der Waals surface area contributed by atoms with Crippen LogP contribution in [0.25, 0.3) is 0 Å². The molecule has 0 spiro atoms. The highest BCUT2D eigenvalue weighted by atomic mass is 19.4. The first-order valence-corrected chi connectivity index (χ1v) is 10.0. The molecule has 0 saturated heterocycles. The van der Waals surface area contributed by atoms with E-state index in [-0.39, 0.29) is 18.9 Å². The number of unbranched alkanes of at least 4 members (excludes halogenated alkanes) is 4. The summed E-state index contributed by atoms with van der Waals surface area (Å²) in [5.74, 6) is -60.4. The van der Waals surface area contributed by atoms with E-state index >= 15 is 0 Å². The molecule has 0 aliphatic heterocycles. The highest BCUT2D eigenvalue weighted by molar-refractivity contribution is 5.16. The van der Waals surface area contributed by atoms with E-state index in [1.54, 1.807) is 6.92 Å². The average Bonchev–Trinajstić information content (AvgIpc) is 2.70. The van der Waals surface area contributed by atoms with E-state index in [0.717, 1.165) is 6.92 Å². The highest BCUT2D eigenvalue weighted by Crippen LogP contribution is 2.64. The molecule has 0 aliphatic rings. The monoisotopic (exact) mass is 554 g/mol. The van der Waals surface area contributed by atoms with Crippen molar-refractivity contribution < 1.29 is 70.2 Å². The summed E-state index contributed by atoms with van der Waals surface area (Å²) in [6.07, 6.45) is -4.59. The molecule has 0 atom stereocenters. The summed E-state index contributed by atoms with van der Waals surface area (Å²) >= 11 is 0. The van der Waals surface area contributed by atoms with E-state index in [1.165, 1.54) is 0 Å². The van der Waals surface area contributed by atoms with Gasteiger partial charge in [0.15, 0.2) is 0 Å². The lowest BCUT2D eigenvalue weighted by Crippen LogP contribution is -2.74. The van der Waals surface area contributed by atoms with Gasteiger partial charge in [-0.25, -0.2) is 0 Å². The third kappa shape index (κ3) is 5.49. The molecule has 0 fully saturated rings. The van der Waals surface area contributed by atoms with Crippen molar-refractivity contribution in [3.63, 3.8) is 0 Å². The van der Waals surface area contributed by atoms with Crippen molar-refractivity contribution in [2.75, 3.05) is 0 Å². The zero-order valence-corrected chi connectivity index (χ0v) is 18.2. The zero-order valence-electron chi connectivity index (χ0n) is 18.2. The second kappa shape index (κ2) is 10.5. The van der Waals surface area contributed by atoms with E-state index in [1.807, 2.05) is 0 Å². The number of alkyl halides is 16. The van der Waals surface area contributed by atoms with Crippen LogP contribution in [0.15, 0.2) is 12.2 Å². The molecule has 210 valence electrons. The molecule has 0 unspecified atom stereocenters. The van der Waals surface area contributed by atoms with Crippen molar-refractivity contribution in [1.29, 1.82) is 0 Å². The molecule has 16 heteroatoms. The molecule has 35 heavy (non-hydrogen) atoms. The highest BCUT2D eigenvalue weighted by Gasteiger charge is 2.94. The first kappa shape index (κ1) is 33.6. The van der Waals surface area contributed by atoms with Crippen molar-refractivity contribution in [1.82, 2.24) is 0 Å². The molecule has 0 heterocycles. The summed E-state index contributed by atoms with van der Waals surface area (Å²) in [4.78, 5) is 0. The van der Waals surface area contributed by atoms with E-state index in [4.69, 9.17) is 0 Å². The number of rotatable bonds is 15. The maximum absolute atomic E-state index is 13.8. The minimum absolute atomic E-state index is 0.00406. The van der Waals surface area contributed by atoms with Crippen LogP contribution >= 0.6 is 0 Å². The van der Waals surface area contributed by atoms with Crippen LogP contribution in [0.3, 0.4) is 0 Å². The molecule has 0 N–H and O–H groups in total. The Labute approximate surface area is 189 Å². The molecule has 0 aromatic rings. The largest absolute Gasteiger partial charge is 0.384 e. The summed E-state index contributed by atoms with van der Waals surface area (Å²) in [5, 5.41) is 0. The lowest BCUT2D eigenvalue weighted by atomic mass is 9.86. The van der Waals surface area contributed by atoms with Crippen molar-refractivity contribution >= 4 is 0 Å². The maximum Gasteiger partial charge on any atom is 0.384 e. The second-order valence-corrected chi connectivity index (χ2v) is 7.79. The first-order chi connectivity index (χ1) is 15.4. The fraction of sp³-hybridized carbons (Fsp3) is 0.895. The second-order valence-electron chi connectivity index (χ2n) is 7.79. The van der Waals surface area contributed by atoms with E-state index in [9.17, 15) is 70.2 Å². The Kier molecular flexibility index (Phi) is 10.1. The average molecular weight is 554 g/mol. The number of allylic oxidation sites excluding steroid dienone is 2. The molecule has 0 saturated carbocycles. The van der Waals surface area contributed by atoms with Gasteiger partial charge in [-0.15, -0.1) is 0 Å². The van der Waals surface area contributed by atoms with Gasteiger partial charge in [-0.3, -0.25) is 0 Å². The minimum Gasteiger partial charge on any atom is -0.200 e. The standard InChI is InChI=1S/C19H22F16/c1-3-5-7-8-9-11-13(22,23)15(26,27)17(30,31)19(34,35)18(32,33)16(28,29)14(24,25)12(20,21)10-6-4-2/h4,6H,3,5,7-11H2,1-2H3. The third-order valence-corrected chi connectivity index (χ3v) is 5.09. The zero-order chi connectivity index (χ0) is 28.4. The van der Waals surface area contributed by atoms with Gasteiger partial charge in [0.1, 0.15) is 0 Å². The maximum atomic E-state index is 13.8. The molecule has 0 aromatic heterocycles. The van der Waals surface area contributed by atoms with Gasteiger partial charge in [0.2, 0.25) is 0 Å². The van der Waals surface area contributed by atoms with Gasteiger partial charge in [-0.05, 0) is 13.3 Å². The Morgan fingerprint density at radius 3 is 1.17 bits per heavy atom. The molecule has 0 amide bonds. The van der Waals surface area contributed by atoms with E-state index in [0.29, 0.717) is 18.9 Å². The number of hydrogen-bond acceptors (Lipinski definition) is 0. The van der Waals surface area contributed by atoms with Gasteiger partial charge in [0, 0.05) is 12.8 Å². The minimum atomic E-state index is -8.35. The van der Waals surface area contributed by atoms with Crippen LogP contribution in [0.1, 0.15) is 58.8 Å². The van der Waals surface area contributed by atoms with Gasteiger partial charge in [0.25, 0.3) is 0 Å². The van der Waals surface area contributed by atoms with Crippen molar-refractivity contribution in [2.45, 2.75) is 106 Å². The molecule has 0 radical (unpaired) electrons. The van der Waals surface area contributed by atoms with Crippen LogP contribution in [0.4, 0.5) is 70.2 Å². The van der Waals surface area contributed by atoms with E-state index < -0.39 is 66.6 Å². The topological polar surface area (TPSA) is 0 Å². The molecule has 0 aliphatic carbocycles. The smallest absolute Gasteiger partial charge is 0.200 e. The Morgan fingerprint density at radius 2 is 0.800 bits per heavy atom. The normalized spacial score (nSPS) is 15.8. The molecule has 0 bridgehead atoms. The lowest BCUT2D eigenvalue weighted by Gasteiger charge is -2.43. The van der Waals surface area contributed by atoms with E-state index in [2.05, 4.69) is 0 Å². The van der Waals surface area contributed by atoms with Crippen LogP contribution in [0.5, 0.6) is 0 Å². The van der Waals surface area contributed by atoms with Crippen LogP contribution in [-0.2, 0) is 0 Å². The van der Waals surface area contributed by atoms with Crippen LogP contribution in [0.2, 0.25) is 0 Å². The summed E-state index contributed by atoms with van der Waals surface area (Å²) in [7, 11) is 0. The predicted octanol–water partition coefficient (Wildman–Crippen LogP) is 9.40. The van der Waals surface area contributed by atoms with Gasteiger partial charge in [-0.1, -0.05) is 44.8 Å². The van der Waals surface area contributed by atoms with Crippen molar-refractivity contribution in [2.24, 2.45) is 0 Å². The van der Waals surface area contributed by atoms with Crippen molar-refractivity contribution in [3.8, 4) is 0 Å². The quantitative estimate of drug-likeness (QED) is 0.108. The van der Waals surface area contributed by atoms with Crippen LogP contribution < -0.4 is 0 Å². The summed E-state index contributed by atoms with van der Waals surface area (Å²) in [6, 6.07) is 0. The number of halogens is 16. The Morgan fingerprint density at radius 1 is 0.457 bits per heavy atom. The Hall–Kier alpha value is -1.38. The fourth-order valence-corrected chi connectivity index (χ4v) is 2.75. The van der Waals surface area contributed by atoms with Gasteiger partial charge < -0.3 is 0 Å². The van der Waals surface area contributed by atoms with Gasteiger partial charge >= 0.3 is 47.4 Å². The summed E-state index contributed by atoms with van der Waals surface area (Å²) in [6.45, 7) is 2.49. The molecule has 0 nitrogen and oxygen atoms in total. The molecule has 0 rings (SSSR count). The van der Waals surface area contributed by atoms with Gasteiger partial charge in [-0.2, -0.15) is 70.2 Å². The first-order valence-electron chi connectivity index (χ1n) is 10.0. The summed E-state index contributed by atoms with van der Waals surface area (Å²) in [5.41, 5.74) is 0. The fourth-order valence-electron chi connectivity index (χ4n) is 2.75. The predicted molar refractivity (Wildman–Crippen MR) is 92.4 cm³/mol. The molecular weight excluding hydrogens is 532 g/mol. The molecular formula is C19H22F16. The molecule has 0 aromatic carbocycles. The SMILES string of the molecule is CC=CCC(F)(F)C(F)(F)C(F)(F)C(F)(F)C(F)(F)C(F)(F)C(F)(F)C(F)(F)CCCCCCC. The Balaban J connectivity index is 6.38. The van der Waals surface area contributed by atoms with Crippen LogP contribution in [-0.4, -0.2) is 47.4 Å². The van der Waals surface area contributed by atoms with Crippen LogP contribution in [0, 0.1) is 0 Å².